The maximum absolute atomic E-state index is 13.5. The predicted molar refractivity (Wildman–Crippen MR) is 170 cm³/mol. The van der Waals surface area contributed by atoms with Crippen molar-refractivity contribution in [3.05, 3.63) is 99.8 Å². The average Bonchev–Trinajstić information content (AvgIpc) is 3.29. The van der Waals surface area contributed by atoms with Crippen LogP contribution >= 0.6 is 0 Å². The summed E-state index contributed by atoms with van der Waals surface area (Å²) in [6.07, 6.45) is 10.8. The van der Waals surface area contributed by atoms with Crippen molar-refractivity contribution in [2.24, 2.45) is 0 Å². The Kier molecular flexibility index (Phi) is 9.70. The van der Waals surface area contributed by atoms with Gasteiger partial charge in [0, 0.05) is 35.0 Å². The quantitative estimate of drug-likeness (QED) is 0.130. The number of fused-ring (bicyclic) bond motifs is 5. The monoisotopic (exact) mass is 584 g/mol. The molecule has 1 heterocycles. The SMILES string of the molecule is Cc1ccc(S(=O)(=O)NCCCCCCCCCCCCn2c3c(c4ccccc4c2=O)C(=O)c2ccccc2-3)cc1. The van der Waals surface area contributed by atoms with Crippen LogP contribution in [-0.2, 0) is 16.6 Å². The molecule has 0 saturated carbocycles. The van der Waals surface area contributed by atoms with E-state index in [0.29, 0.717) is 34.5 Å². The minimum Gasteiger partial charge on any atom is -0.307 e. The first kappa shape index (κ1) is 29.9. The van der Waals surface area contributed by atoms with Crippen molar-refractivity contribution < 1.29 is 13.2 Å². The van der Waals surface area contributed by atoms with Crippen LogP contribution in [0.4, 0.5) is 0 Å². The van der Waals surface area contributed by atoms with Gasteiger partial charge in [0.05, 0.1) is 16.2 Å². The Morgan fingerprint density at radius 1 is 0.643 bits per heavy atom. The summed E-state index contributed by atoms with van der Waals surface area (Å²) in [5.74, 6) is 0.00842. The zero-order chi connectivity index (χ0) is 29.5. The van der Waals surface area contributed by atoms with Crippen molar-refractivity contribution in [3.63, 3.8) is 0 Å². The van der Waals surface area contributed by atoms with E-state index in [-0.39, 0.29) is 11.3 Å². The number of sulfonamides is 1. The van der Waals surface area contributed by atoms with Crippen LogP contribution in [0.1, 0.15) is 85.7 Å². The van der Waals surface area contributed by atoms with E-state index in [2.05, 4.69) is 4.72 Å². The third-order valence-corrected chi connectivity index (χ3v) is 9.74. The van der Waals surface area contributed by atoms with Crippen LogP contribution in [0.15, 0.2) is 82.5 Å². The highest BCUT2D eigenvalue weighted by Gasteiger charge is 2.32. The van der Waals surface area contributed by atoms with Gasteiger partial charge in [-0.3, -0.25) is 9.59 Å². The molecule has 0 unspecified atom stereocenters. The second kappa shape index (κ2) is 13.6. The molecule has 0 bridgehead atoms. The number of nitrogens with zero attached hydrogens (tertiary/aromatic N) is 1. The number of aromatic nitrogens is 1. The molecule has 0 saturated heterocycles. The van der Waals surface area contributed by atoms with E-state index >= 15 is 0 Å². The lowest BCUT2D eigenvalue weighted by atomic mass is 10.0. The predicted octanol–water partition coefficient (Wildman–Crippen LogP) is 7.40. The molecule has 42 heavy (non-hydrogen) atoms. The number of rotatable bonds is 15. The molecule has 1 aliphatic rings. The smallest absolute Gasteiger partial charge is 0.258 e. The summed E-state index contributed by atoms with van der Waals surface area (Å²) in [5.41, 5.74) is 4.01. The lowest BCUT2D eigenvalue weighted by molar-refractivity contribution is 0.104. The van der Waals surface area contributed by atoms with Gasteiger partial charge in [0.25, 0.3) is 5.56 Å². The molecule has 0 atom stereocenters. The standard InChI is InChI=1S/C35H40N2O4S/c1-26-20-22-27(23-21-26)42(40,41)36-24-14-8-6-4-2-3-5-7-9-15-25-37-33-29-17-11-12-18-30(29)34(38)32(33)28-16-10-13-19-31(28)35(37)39/h10-13,16-23,36H,2-9,14-15,24-25H2,1H3. The number of benzene rings is 3. The minimum absolute atomic E-state index is 0.00842. The van der Waals surface area contributed by atoms with E-state index in [0.717, 1.165) is 67.2 Å². The van der Waals surface area contributed by atoms with Crippen molar-refractivity contribution in [1.82, 2.24) is 9.29 Å². The zero-order valence-corrected chi connectivity index (χ0v) is 25.2. The fourth-order valence-electron chi connectivity index (χ4n) is 5.96. The molecule has 1 aliphatic carbocycles. The zero-order valence-electron chi connectivity index (χ0n) is 24.4. The van der Waals surface area contributed by atoms with Crippen molar-refractivity contribution in [2.75, 3.05) is 6.54 Å². The third kappa shape index (κ3) is 6.58. The molecule has 1 N–H and O–H groups in total. The maximum Gasteiger partial charge on any atom is 0.258 e. The highest BCUT2D eigenvalue weighted by Crippen LogP contribution is 2.39. The summed E-state index contributed by atoms with van der Waals surface area (Å²) in [7, 11) is -3.42. The molecule has 0 radical (unpaired) electrons. The minimum atomic E-state index is -3.42. The Balaban J connectivity index is 1.01. The summed E-state index contributed by atoms with van der Waals surface area (Å²) in [6.45, 7) is 3.02. The number of carbonyl (C=O) groups excluding carboxylic acids is 1. The first-order valence-corrected chi connectivity index (χ1v) is 16.7. The normalized spacial score (nSPS) is 12.5. The Morgan fingerprint density at radius 2 is 1.19 bits per heavy atom. The van der Waals surface area contributed by atoms with Crippen LogP contribution in [0.5, 0.6) is 0 Å². The first-order valence-electron chi connectivity index (χ1n) is 15.2. The number of aryl methyl sites for hydroxylation is 1. The van der Waals surface area contributed by atoms with Gasteiger partial charge >= 0.3 is 0 Å². The summed E-state index contributed by atoms with van der Waals surface area (Å²) in [5, 5.41) is 1.36. The van der Waals surface area contributed by atoms with Crippen molar-refractivity contribution in [2.45, 2.75) is 82.6 Å². The van der Waals surface area contributed by atoms with E-state index in [1.54, 1.807) is 12.1 Å². The van der Waals surface area contributed by atoms with Gasteiger partial charge in [0.15, 0.2) is 5.78 Å². The molecule has 1 aromatic heterocycles. The molecule has 7 heteroatoms. The molecule has 0 spiro atoms. The van der Waals surface area contributed by atoms with Gasteiger partial charge in [0.1, 0.15) is 0 Å². The molecule has 6 nitrogen and oxygen atoms in total. The number of unbranched alkanes of at least 4 members (excludes halogenated alkanes) is 9. The Morgan fingerprint density at radius 3 is 1.86 bits per heavy atom. The summed E-state index contributed by atoms with van der Waals surface area (Å²) in [6, 6.07) is 22.0. The molecule has 220 valence electrons. The molecule has 0 aliphatic heterocycles. The van der Waals surface area contributed by atoms with Crippen LogP contribution < -0.4 is 10.3 Å². The van der Waals surface area contributed by atoms with Crippen LogP contribution in [0, 0.1) is 6.92 Å². The van der Waals surface area contributed by atoms with E-state index in [1.807, 2.05) is 72.2 Å². The lowest BCUT2D eigenvalue weighted by Crippen LogP contribution is -2.24. The van der Waals surface area contributed by atoms with Gasteiger partial charge in [0.2, 0.25) is 10.0 Å². The second-order valence-electron chi connectivity index (χ2n) is 11.3. The fourth-order valence-corrected chi connectivity index (χ4v) is 7.03. The fraction of sp³-hybridized carbons (Fsp3) is 0.371. The van der Waals surface area contributed by atoms with Crippen LogP contribution in [0.3, 0.4) is 0 Å². The molecular weight excluding hydrogens is 544 g/mol. The Bertz CT molecular complexity index is 1720. The third-order valence-electron chi connectivity index (χ3n) is 8.26. The van der Waals surface area contributed by atoms with Crippen molar-refractivity contribution in [1.29, 1.82) is 0 Å². The Hall–Kier alpha value is -3.55. The van der Waals surface area contributed by atoms with Gasteiger partial charge < -0.3 is 4.57 Å². The maximum atomic E-state index is 13.5. The van der Waals surface area contributed by atoms with E-state index in [1.165, 1.54) is 19.3 Å². The summed E-state index contributed by atoms with van der Waals surface area (Å²) < 4.78 is 29.2. The first-order chi connectivity index (χ1) is 20.4. The van der Waals surface area contributed by atoms with Gasteiger partial charge in [-0.15, -0.1) is 0 Å². The molecule has 3 aromatic carbocycles. The molecule has 4 aromatic rings. The number of pyridine rings is 1. The summed E-state index contributed by atoms with van der Waals surface area (Å²) in [4.78, 5) is 27.1. The number of hydrogen-bond acceptors (Lipinski definition) is 4. The highest BCUT2D eigenvalue weighted by molar-refractivity contribution is 7.89. The summed E-state index contributed by atoms with van der Waals surface area (Å²) >= 11 is 0. The van der Waals surface area contributed by atoms with Crippen molar-refractivity contribution in [3.8, 4) is 11.3 Å². The van der Waals surface area contributed by atoms with Crippen LogP contribution in [0.25, 0.3) is 22.0 Å². The van der Waals surface area contributed by atoms with Crippen LogP contribution in [0.2, 0.25) is 0 Å². The van der Waals surface area contributed by atoms with E-state index < -0.39 is 10.0 Å². The number of carbonyl (C=O) groups is 1. The largest absolute Gasteiger partial charge is 0.307 e. The molecular formula is C35H40N2O4S. The molecule has 5 rings (SSSR count). The van der Waals surface area contributed by atoms with Crippen LogP contribution in [-0.4, -0.2) is 25.3 Å². The van der Waals surface area contributed by atoms with Gasteiger partial charge in [-0.1, -0.05) is 112 Å². The van der Waals surface area contributed by atoms with Gasteiger partial charge in [-0.2, -0.15) is 0 Å². The molecule has 0 amide bonds. The lowest BCUT2D eigenvalue weighted by Gasteiger charge is -2.15. The van der Waals surface area contributed by atoms with Gasteiger partial charge in [-0.05, 0) is 38.0 Å². The highest BCUT2D eigenvalue weighted by atomic mass is 32.2. The topological polar surface area (TPSA) is 85.2 Å². The number of ketones is 1. The van der Waals surface area contributed by atoms with E-state index in [4.69, 9.17) is 0 Å². The number of hydrogen-bond donors (Lipinski definition) is 1. The van der Waals surface area contributed by atoms with E-state index in [9.17, 15) is 18.0 Å². The Labute approximate surface area is 248 Å². The second-order valence-corrected chi connectivity index (χ2v) is 13.1. The number of nitrogens with one attached hydrogen (secondary N) is 1. The molecule has 0 fully saturated rings. The average molecular weight is 585 g/mol. The van der Waals surface area contributed by atoms with Gasteiger partial charge in [-0.25, -0.2) is 13.1 Å². The van der Waals surface area contributed by atoms with Crippen molar-refractivity contribution >= 4 is 26.6 Å².